The number of nitrogens with two attached hydrogens (primary N) is 1. The van der Waals surface area contributed by atoms with E-state index in [0.717, 1.165) is 44.8 Å². The fraction of sp³-hybridized carbons (Fsp3) is 0.500. The molecule has 0 radical (unpaired) electrons. The van der Waals surface area contributed by atoms with E-state index >= 15 is 0 Å². The summed E-state index contributed by atoms with van der Waals surface area (Å²) in [5.74, 6) is 0. The number of hydrogen-bond donors (Lipinski definition) is 1. The van der Waals surface area contributed by atoms with Crippen LogP contribution in [0.2, 0.25) is 0 Å². The number of unbranched alkanes of at least 4 members (excludes halogenated alkanes) is 1. The Balaban J connectivity index is 1.81. The van der Waals surface area contributed by atoms with Crippen LogP contribution in [0.5, 0.6) is 0 Å². The first-order valence-corrected chi connectivity index (χ1v) is 6.49. The topological polar surface area (TPSA) is 56.3 Å². The second kappa shape index (κ2) is 6.27. The van der Waals surface area contributed by atoms with Crippen LogP contribution in [0.25, 0.3) is 0 Å². The minimum absolute atomic E-state index is 0.662. The molecule has 1 fully saturated rings. The minimum atomic E-state index is 0.662. The molecule has 2 N–H and O–H groups in total. The highest BCUT2D eigenvalue weighted by molar-refractivity contribution is 5.56. The Morgan fingerprint density at radius 3 is 2.67 bits per heavy atom. The van der Waals surface area contributed by atoms with Crippen molar-refractivity contribution in [3.05, 3.63) is 24.3 Å². The van der Waals surface area contributed by atoms with E-state index in [1.807, 2.05) is 18.2 Å². The van der Waals surface area contributed by atoms with Gasteiger partial charge in [-0.1, -0.05) is 6.07 Å². The highest BCUT2D eigenvalue weighted by Gasteiger charge is 2.16. The van der Waals surface area contributed by atoms with Crippen LogP contribution in [-0.4, -0.2) is 37.6 Å². The van der Waals surface area contributed by atoms with E-state index in [-0.39, 0.29) is 0 Å². The summed E-state index contributed by atoms with van der Waals surface area (Å²) in [5, 5.41) is 8.52. The summed E-state index contributed by atoms with van der Waals surface area (Å²) >= 11 is 0. The van der Waals surface area contributed by atoms with Gasteiger partial charge in [0.1, 0.15) is 0 Å². The van der Waals surface area contributed by atoms with Crippen LogP contribution in [0.1, 0.15) is 12.8 Å². The summed E-state index contributed by atoms with van der Waals surface area (Å²) in [6.07, 6.45) is 1.64. The maximum Gasteiger partial charge on any atom is 0.0622 e. The Hall–Kier alpha value is -1.73. The van der Waals surface area contributed by atoms with Crippen molar-refractivity contribution in [3.8, 4) is 6.07 Å². The lowest BCUT2D eigenvalue weighted by Gasteiger charge is -2.36. The van der Waals surface area contributed by atoms with Crippen LogP contribution in [0.3, 0.4) is 0 Å². The van der Waals surface area contributed by atoms with Crippen molar-refractivity contribution in [2.24, 2.45) is 0 Å². The number of nitrogen functional groups attached to an aromatic ring is 1. The van der Waals surface area contributed by atoms with Crippen LogP contribution in [-0.2, 0) is 0 Å². The standard InChI is InChI=1S/C14H20N4/c15-6-1-2-7-17-8-10-18(11-9-17)14-5-3-4-13(16)12-14/h3-5,12H,1-2,7-11,16H2. The molecule has 1 aliphatic rings. The number of anilines is 2. The Labute approximate surface area is 109 Å². The van der Waals surface area contributed by atoms with E-state index in [0.29, 0.717) is 6.42 Å². The molecule has 1 aromatic carbocycles. The molecule has 0 saturated carbocycles. The lowest BCUT2D eigenvalue weighted by molar-refractivity contribution is 0.256. The zero-order chi connectivity index (χ0) is 12.8. The van der Waals surface area contributed by atoms with Gasteiger partial charge in [-0.15, -0.1) is 0 Å². The van der Waals surface area contributed by atoms with Gasteiger partial charge in [0.25, 0.3) is 0 Å². The lowest BCUT2D eigenvalue weighted by atomic mass is 10.2. The van der Waals surface area contributed by atoms with Gasteiger partial charge in [-0.2, -0.15) is 5.26 Å². The fourth-order valence-corrected chi connectivity index (χ4v) is 2.33. The van der Waals surface area contributed by atoms with Gasteiger partial charge < -0.3 is 10.6 Å². The van der Waals surface area contributed by atoms with Crippen molar-refractivity contribution < 1.29 is 0 Å². The second-order valence-electron chi connectivity index (χ2n) is 4.69. The van der Waals surface area contributed by atoms with Gasteiger partial charge in [0.05, 0.1) is 6.07 Å². The highest BCUT2D eigenvalue weighted by atomic mass is 15.3. The first kappa shape index (κ1) is 12.7. The summed E-state index contributed by atoms with van der Waals surface area (Å²) < 4.78 is 0. The molecule has 0 atom stereocenters. The number of nitrogens with zero attached hydrogens (tertiary/aromatic N) is 3. The van der Waals surface area contributed by atoms with Crippen LogP contribution in [0, 0.1) is 11.3 Å². The van der Waals surface area contributed by atoms with Gasteiger partial charge in [0.2, 0.25) is 0 Å². The van der Waals surface area contributed by atoms with Crippen LogP contribution in [0.15, 0.2) is 24.3 Å². The molecule has 0 unspecified atom stereocenters. The molecule has 0 aromatic heterocycles. The van der Waals surface area contributed by atoms with E-state index in [1.165, 1.54) is 5.69 Å². The van der Waals surface area contributed by atoms with Crippen molar-refractivity contribution in [3.63, 3.8) is 0 Å². The Morgan fingerprint density at radius 1 is 1.22 bits per heavy atom. The fourth-order valence-electron chi connectivity index (χ4n) is 2.33. The first-order chi connectivity index (χ1) is 8.79. The molecule has 1 saturated heterocycles. The smallest absolute Gasteiger partial charge is 0.0622 e. The third-order valence-electron chi connectivity index (χ3n) is 3.37. The summed E-state index contributed by atoms with van der Waals surface area (Å²) in [7, 11) is 0. The van der Waals surface area contributed by atoms with Crippen LogP contribution in [0.4, 0.5) is 11.4 Å². The zero-order valence-corrected chi connectivity index (χ0v) is 10.7. The maximum atomic E-state index is 8.52. The third-order valence-corrected chi connectivity index (χ3v) is 3.37. The Bertz CT molecular complexity index is 416. The van der Waals surface area contributed by atoms with Crippen molar-refractivity contribution >= 4 is 11.4 Å². The SMILES string of the molecule is N#CCCCN1CCN(c2cccc(N)c2)CC1. The molecular formula is C14H20N4. The summed E-state index contributed by atoms with van der Waals surface area (Å²) in [5.41, 5.74) is 7.84. The van der Waals surface area contributed by atoms with E-state index < -0.39 is 0 Å². The predicted molar refractivity (Wildman–Crippen MR) is 74.4 cm³/mol. The van der Waals surface area contributed by atoms with Crippen molar-refractivity contribution in [2.75, 3.05) is 43.4 Å². The normalized spacial score (nSPS) is 16.5. The number of rotatable bonds is 4. The lowest BCUT2D eigenvalue weighted by Crippen LogP contribution is -2.46. The molecule has 1 aromatic rings. The van der Waals surface area contributed by atoms with Gasteiger partial charge >= 0.3 is 0 Å². The molecule has 0 spiro atoms. The van der Waals surface area contributed by atoms with E-state index in [2.05, 4.69) is 21.9 Å². The molecule has 96 valence electrons. The molecule has 18 heavy (non-hydrogen) atoms. The largest absolute Gasteiger partial charge is 0.399 e. The number of nitriles is 1. The van der Waals surface area contributed by atoms with Gasteiger partial charge in [0, 0.05) is 44.0 Å². The summed E-state index contributed by atoms with van der Waals surface area (Å²) in [6.45, 7) is 5.25. The Kier molecular flexibility index (Phi) is 4.43. The molecule has 0 bridgehead atoms. The van der Waals surface area contributed by atoms with Crippen molar-refractivity contribution in [1.29, 1.82) is 5.26 Å². The maximum absolute atomic E-state index is 8.52. The molecule has 1 aliphatic heterocycles. The van der Waals surface area contributed by atoms with Crippen LogP contribution < -0.4 is 10.6 Å². The average Bonchev–Trinajstić information content (AvgIpc) is 2.40. The van der Waals surface area contributed by atoms with Gasteiger partial charge in [-0.25, -0.2) is 0 Å². The van der Waals surface area contributed by atoms with E-state index in [4.69, 9.17) is 11.0 Å². The predicted octanol–water partition coefficient (Wildman–Crippen LogP) is 1.69. The highest BCUT2D eigenvalue weighted by Crippen LogP contribution is 2.19. The first-order valence-electron chi connectivity index (χ1n) is 6.49. The van der Waals surface area contributed by atoms with E-state index in [1.54, 1.807) is 0 Å². The van der Waals surface area contributed by atoms with Gasteiger partial charge in [-0.05, 0) is 31.2 Å². The monoisotopic (exact) mass is 244 g/mol. The van der Waals surface area contributed by atoms with Crippen molar-refractivity contribution in [1.82, 2.24) is 4.90 Å². The Morgan fingerprint density at radius 2 is 2.00 bits per heavy atom. The molecule has 1 heterocycles. The van der Waals surface area contributed by atoms with Crippen molar-refractivity contribution in [2.45, 2.75) is 12.8 Å². The quantitative estimate of drug-likeness (QED) is 0.647. The third kappa shape index (κ3) is 3.38. The molecule has 0 amide bonds. The molecule has 2 rings (SSSR count). The zero-order valence-electron chi connectivity index (χ0n) is 10.7. The summed E-state index contributed by atoms with van der Waals surface area (Å²) in [4.78, 5) is 4.80. The molecular weight excluding hydrogens is 224 g/mol. The molecule has 4 nitrogen and oxygen atoms in total. The minimum Gasteiger partial charge on any atom is -0.399 e. The average molecular weight is 244 g/mol. The summed E-state index contributed by atoms with van der Waals surface area (Å²) in [6, 6.07) is 10.3. The van der Waals surface area contributed by atoms with Gasteiger partial charge in [-0.3, -0.25) is 4.90 Å². The molecule has 0 aliphatic carbocycles. The van der Waals surface area contributed by atoms with Crippen LogP contribution >= 0.6 is 0 Å². The second-order valence-corrected chi connectivity index (χ2v) is 4.69. The molecule has 4 heteroatoms. The van der Waals surface area contributed by atoms with E-state index in [9.17, 15) is 0 Å². The van der Waals surface area contributed by atoms with Gasteiger partial charge in [0.15, 0.2) is 0 Å². The number of piperazine rings is 1. The number of benzene rings is 1. The number of hydrogen-bond acceptors (Lipinski definition) is 4.